The number of nitrogens with two attached hydrogens (primary N) is 1. The third kappa shape index (κ3) is 9.45. The number of hydrogen-bond acceptors (Lipinski definition) is 22. The Kier molecular flexibility index (Phi) is 12.3. The second-order valence-electron chi connectivity index (χ2n) is 11.5. The van der Waals surface area contributed by atoms with E-state index in [-0.39, 0.29) is 24.1 Å². The summed E-state index contributed by atoms with van der Waals surface area (Å²) in [4.78, 5) is 86.4. The molecular formula is C21H33N7O22P4. The van der Waals surface area contributed by atoms with Crippen LogP contribution in [0.2, 0.25) is 0 Å². The molecule has 33 heteroatoms. The van der Waals surface area contributed by atoms with Gasteiger partial charge >= 0.3 is 37.0 Å². The zero-order valence-corrected chi connectivity index (χ0v) is 30.9. The van der Waals surface area contributed by atoms with E-state index < -0.39 is 110 Å². The van der Waals surface area contributed by atoms with Gasteiger partial charge in [0.05, 0.1) is 19.9 Å². The third-order valence-corrected chi connectivity index (χ3v) is 13.6. The molecule has 0 aromatic carbocycles. The number of anilines is 3. The number of aromatic nitrogens is 4. The monoisotopic (exact) mass is 859 g/mol. The van der Waals surface area contributed by atoms with Gasteiger partial charge in [-0.1, -0.05) is 0 Å². The molecule has 2 saturated heterocycles. The first kappa shape index (κ1) is 42.4. The van der Waals surface area contributed by atoms with Crippen LogP contribution in [0.5, 0.6) is 0 Å². The zero-order valence-electron chi connectivity index (χ0n) is 27.3. The highest BCUT2D eigenvalue weighted by Gasteiger charge is 2.52. The first-order valence-corrected chi connectivity index (χ1v) is 20.7. The number of aliphatic hydroxyl groups excluding tert-OH is 3. The highest BCUT2D eigenvalue weighted by atomic mass is 31.3. The lowest BCUT2D eigenvalue weighted by molar-refractivity contribution is -0.0542. The van der Waals surface area contributed by atoms with E-state index in [0.717, 1.165) is 19.4 Å². The normalized spacial score (nSPS) is 31.4. The van der Waals surface area contributed by atoms with Crippen LogP contribution in [0.4, 0.5) is 17.5 Å². The first-order valence-electron chi connectivity index (χ1n) is 14.7. The zero-order chi connectivity index (χ0) is 40.1. The summed E-state index contributed by atoms with van der Waals surface area (Å²) in [5.41, 5.74) is 3.25. The molecule has 0 bridgehead atoms. The summed E-state index contributed by atoms with van der Waals surface area (Å²) in [5.74, 6) is -0.242. The fourth-order valence-corrected chi connectivity index (χ4v) is 10.5. The number of aromatic amines is 2. The third-order valence-electron chi connectivity index (χ3n) is 7.69. The lowest BCUT2D eigenvalue weighted by atomic mass is 10.1. The van der Waals surface area contributed by atoms with Gasteiger partial charge in [-0.15, -0.1) is 0 Å². The number of rotatable bonds is 15. The minimum atomic E-state index is -6.23. The largest absolute Gasteiger partial charge is 0.490 e. The Hall–Kier alpha value is -2.72. The number of aliphatic hydroxyl groups is 3. The maximum atomic E-state index is 12.5. The smallest absolute Gasteiger partial charge is 0.387 e. The van der Waals surface area contributed by atoms with Crippen molar-refractivity contribution < 1.29 is 89.3 Å². The molecule has 2 fully saturated rings. The molecule has 11 N–H and O–H groups in total. The number of phosphoric ester groups is 2. The average Bonchev–Trinajstić information content (AvgIpc) is 3.62. The van der Waals surface area contributed by atoms with Gasteiger partial charge in [0.2, 0.25) is 5.95 Å². The quantitative estimate of drug-likeness (QED) is 0.0771. The van der Waals surface area contributed by atoms with Crippen LogP contribution in [0.1, 0.15) is 6.23 Å². The molecule has 54 heavy (non-hydrogen) atoms. The molecular weight excluding hydrogens is 826 g/mol. The van der Waals surface area contributed by atoms with E-state index in [1.807, 2.05) is 4.98 Å². The summed E-state index contributed by atoms with van der Waals surface area (Å²) >= 11 is 0. The molecule has 0 spiro atoms. The van der Waals surface area contributed by atoms with Crippen LogP contribution in [-0.2, 0) is 54.5 Å². The fraction of sp³-hybridized carbons (Fsp3) is 0.619. The molecule has 304 valence electrons. The van der Waals surface area contributed by atoms with Crippen LogP contribution >= 0.6 is 31.3 Å². The van der Waals surface area contributed by atoms with E-state index in [1.165, 1.54) is 16.8 Å². The van der Waals surface area contributed by atoms with E-state index in [1.54, 1.807) is 0 Å². The van der Waals surface area contributed by atoms with Crippen molar-refractivity contribution in [2.45, 2.75) is 49.1 Å². The van der Waals surface area contributed by atoms with Crippen molar-refractivity contribution in [2.75, 3.05) is 49.6 Å². The lowest BCUT2D eigenvalue weighted by Gasteiger charge is -2.27. The number of fused-ring (bicyclic) bond motifs is 1. The van der Waals surface area contributed by atoms with Crippen LogP contribution in [0.3, 0.4) is 0 Å². The number of nitrogen functional groups attached to an aromatic ring is 1. The standard InChI is InChI=1S/C21H33N7O22P4/c1-26-7-28(16-11(26)17(33)25-20(22)24-16)19-14(32)15(43-2)9(47-19)6-45-52(37,38)49-54(41,42)50-53(39,40)48-51(35,36)44-5-8-12(30)13(31)18(46-8)27-4-3-10(29)23-21(27)34/h3-4,8-9,12-15,18-19,30-32H,5-7H2,1-2H3,(H,35,36)(H,37,38)(H,39,40)(H,41,42)(H,23,29,34)(H3,22,24,25,33)/t8-,9-,12+,13?,14?,15?,18-,19-/m1/s1. The van der Waals surface area contributed by atoms with Gasteiger partial charge in [0.25, 0.3) is 11.1 Å². The topological polar surface area (TPSA) is 417 Å². The van der Waals surface area contributed by atoms with Gasteiger partial charge in [-0.3, -0.25) is 33.2 Å². The molecule has 3 aliphatic rings. The van der Waals surface area contributed by atoms with Gasteiger partial charge in [0.1, 0.15) is 42.3 Å². The van der Waals surface area contributed by atoms with E-state index in [4.69, 9.17) is 19.9 Å². The van der Waals surface area contributed by atoms with Gasteiger partial charge in [-0.2, -0.15) is 17.9 Å². The first-order chi connectivity index (χ1) is 24.9. The van der Waals surface area contributed by atoms with Crippen molar-refractivity contribution in [2.24, 2.45) is 0 Å². The number of methoxy groups -OCH3 is 1. The molecule has 0 aliphatic carbocycles. The van der Waals surface area contributed by atoms with E-state index in [9.17, 15) is 67.5 Å². The summed E-state index contributed by atoms with van der Waals surface area (Å²) < 4.78 is 87.2. The van der Waals surface area contributed by atoms with Crippen molar-refractivity contribution in [1.29, 1.82) is 0 Å². The Morgan fingerprint density at radius 3 is 1.98 bits per heavy atom. The Labute approximate surface area is 299 Å². The number of ether oxygens (including phenoxy) is 3. The lowest BCUT2D eigenvalue weighted by Crippen LogP contribution is -2.46. The molecule has 7 unspecified atom stereocenters. The Morgan fingerprint density at radius 1 is 0.852 bits per heavy atom. The SMILES string of the molecule is COC1C(O)[C@H](N2CN(C)c3c2nc(N)[nH]c3=O)O[C@@H]1COP(=O)(O)OP(=O)(O)OP(=O)(O)OP(=O)(O)OC[C@H]1O[C@@H](n2ccc(=O)[nH]c2=O)C(O)[C@H]1O. The number of phosphoric acid groups is 4. The molecule has 2 aromatic heterocycles. The number of nitrogens with zero attached hydrogens (tertiary/aromatic N) is 4. The van der Waals surface area contributed by atoms with Gasteiger partial charge in [-0.25, -0.2) is 23.1 Å². The molecule has 2 aromatic rings. The maximum Gasteiger partial charge on any atom is 0.490 e. The van der Waals surface area contributed by atoms with Crippen molar-refractivity contribution in [3.8, 4) is 0 Å². The molecule has 29 nitrogen and oxygen atoms in total. The van der Waals surface area contributed by atoms with Gasteiger partial charge in [0.15, 0.2) is 18.3 Å². The molecule has 12 atom stereocenters. The van der Waals surface area contributed by atoms with Gasteiger partial charge in [0, 0.05) is 26.4 Å². The van der Waals surface area contributed by atoms with Gasteiger partial charge < -0.3 is 64.6 Å². The molecule has 0 amide bonds. The summed E-state index contributed by atoms with van der Waals surface area (Å²) in [6, 6.07) is 0.879. The Balaban J connectivity index is 1.15. The Morgan fingerprint density at radius 2 is 1.41 bits per heavy atom. The predicted octanol–water partition coefficient (Wildman–Crippen LogP) is -3.68. The molecule has 5 heterocycles. The number of hydrogen-bond donors (Lipinski definition) is 10. The average molecular weight is 859 g/mol. The van der Waals surface area contributed by atoms with Crippen molar-refractivity contribution in [3.05, 3.63) is 43.5 Å². The minimum Gasteiger partial charge on any atom is -0.387 e. The molecule has 0 saturated carbocycles. The van der Waals surface area contributed by atoms with Crippen LogP contribution in [0.15, 0.2) is 26.6 Å². The molecule has 0 radical (unpaired) electrons. The van der Waals surface area contributed by atoms with Crippen LogP contribution < -0.4 is 32.3 Å². The second-order valence-corrected chi connectivity index (χ2v) is 17.7. The highest BCUT2D eigenvalue weighted by Crippen LogP contribution is 2.71. The van der Waals surface area contributed by atoms with E-state index >= 15 is 0 Å². The molecule has 3 aliphatic heterocycles. The van der Waals surface area contributed by atoms with E-state index in [2.05, 4.69) is 31.9 Å². The summed E-state index contributed by atoms with van der Waals surface area (Å²) in [7, 11) is -21.4. The van der Waals surface area contributed by atoms with E-state index in [0.29, 0.717) is 4.57 Å². The predicted molar refractivity (Wildman–Crippen MR) is 172 cm³/mol. The van der Waals surface area contributed by atoms with Crippen molar-refractivity contribution >= 4 is 48.7 Å². The minimum absolute atomic E-state index is 0.0137. The fourth-order valence-electron chi connectivity index (χ4n) is 5.51. The van der Waals surface area contributed by atoms with Gasteiger partial charge in [-0.05, 0) is 0 Å². The van der Waals surface area contributed by atoms with Crippen molar-refractivity contribution in [3.63, 3.8) is 0 Å². The summed E-state index contributed by atoms with van der Waals surface area (Å²) in [5, 5.41) is 31.4. The van der Waals surface area contributed by atoms with Crippen molar-refractivity contribution in [1.82, 2.24) is 19.5 Å². The number of nitrogens with one attached hydrogen (secondary N) is 2. The number of H-pyrrole nitrogens is 2. The second kappa shape index (κ2) is 15.7. The summed E-state index contributed by atoms with van der Waals surface area (Å²) in [6.07, 6.45) is -11.8. The van der Waals surface area contributed by atoms with Crippen LogP contribution in [0.25, 0.3) is 0 Å². The maximum absolute atomic E-state index is 12.5. The van der Waals surface area contributed by atoms with Crippen LogP contribution in [0, 0.1) is 0 Å². The molecule has 5 rings (SSSR count). The Bertz CT molecular complexity index is 2100. The van der Waals surface area contributed by atoms with Crippen LogP contribution in [-0.4, -0.2) is 131 Å². The summed E-state index contributed by atoms with van der Waals surface area (Å²) in [6.45, 7) is -2.27. The highest BCUT2D eigenvalue weighted by molar-refractivity contribution is 7.69.